The molecule has 0 unspecified atom stereocenters. The van der Waals surface area contributed by atoms with E-state index >= 15 is 0 Å². The first-order chi connectivity index (χ1) is 8.77. The summed E-state index contributed by atoms with van der Waals surface area (Å²) in [6.45, 7) is 12.5. The standard InChI is InChI=1S/C10H14BrN.3CH2O.Cr/c1-3-12(4-2)10-7-5-9(11)6-8-10;3*1-2;/h5-8H,3-4H2,1-2H3;3*1H2;. The number of carbonyl (C=O) groups excluding carboxylic acids is 3. The molecule has 0 N–H and O–H groups in total. The minimum absolute atomic E-state index is 0. The predicted octanol–water partition coefficient (Wildman–Crippen LogP) is 2.74. The van der Waals surface area contributed by atoms with Crippen LogP contribution in [-0.4, -0.2) is 33.5 Å². The third kappa shape index (κ3) is 13.3. The molecule has 19 heavy (non-hydrogen) atoms. The number of hydrogen-bond donors (Lipinski definition) is 0. The van der Waals surface area contributed by atoms with Crippen molar-refractivity contribution in [3.8, 4) is 0 Å². The Bertz CT molecular complexity index is 277. The summed E-state index contributed by atoms with van der Waals surface area (Å²) >= 11 is 3.42. The maximum Gasteiger partial charge on any atom is 0.106 e. The maximum atomic E-state index is 8.00. The van der Waals surface area contributed by atoms with Gasteiger partial charge in [0.05, 0.1) is 0 Å². The van der Waals surface area contributed by atoms with Gasteiger partial charge in [-0.25, -0.2) is 0 Å². The largest absolute Gasteiger partial charge is 0.372 e. The number of halogens is 1. The molecular formula is C13H20BrCrNO3. The first-order valence-electron chi connectivity index (χ1n) is 5.15. The molecule has 0 saturated carbocycles. The second-order valence-electron chi connectivity index (χ2n) is 2.65. The Morgan fingerprint density at radius 2 is 1.21 bits per heavy atom. The van der Waals surface area contributed by atoms with Crippen LogP contribution in [0.15, 0.2) is 28.7 Å². The molecule has 0 heterocycles. The summed E-state index contributed by atoms with van der Waals surface area (Å²) in [6, 6.07) is 8.43. The fraction of sp³-hybridized carbons (Fsp3) is 0.308. The Morgan fingerprint density at radius 1 is 0.895 bits per heavy atom. The minimum atomic E-state index is 0. The van der Waals surface area contributed by atoms with Crippen LogP contribution in [0.25, 0.3) is 0 Å². The van der Waals surface area contributed by atoms with Crippen molar-refractivity contribution >= 4 is 42.0 Å². The van der Waals surface area contributed by atoms with E-state index in [9.17, 15) is 0 Å². The van der Waals surface area contributed by atoms with Gasteiger partial charge in [-0.2, -0.15) is 0 Å². The zero-order valence-corrected chi connectivity index (χ0v) is 14.2. The van der Waals surface area contributed by atoms with Gasteiger partial charge in [-0.1, -0.05) is 15.9 Å². The molecule has 0 spiro atoms. The molecule has 6 heteroatoms. The molecule has 108 valence electrons. The predicted molar refractivity (Wildman–Crippen MR) is 79.1 cm³/mol. The average Bonchev–Trinajstić information content (AvgIpc) is 2.48. The normalized spacial score (nSPS) is 6.89. The van der Waals surface area contributed by atoms with Crippen LogP contribution in [0.4, 0.5) is 5.69 Å². The van der Waals surface area contributed by atoms with Crippen molar-refractivity contribution in [2.75, 3.05) is 18.0 Å². The van der Waals surface area contributed by atoms with Gasteiger partial charge in [0.2, 0.25) is 0 Å². The summed E-state index contributed by atoms with van der Waals surface area (Å²) in [5, 5.41) is 0. The minimum Gasteiger partial charge on any atom is -0.372 e. The number of carbonyl (C=O) groups is 3. The van der Waals surface area contributed by atoms with E-state index in [1.165, 1.54) is 5.69 Å². The molecule has 0 aliphatic rings. The first-order valence-corrected chi connectivity index (χ1v) is 5.94. The fourth-order valence-electron chi connectivity index (χ4n) is 1.24. The molecule has 4 nitrogen and oxygen atoms in total. The number of anilines is 1. The molecule has 0 bridgehead atoms. The van der Waals surface area contributed by atoms with E-state index in [-0.39, 0.29) is 17.4 Å². The van der Waals surface area contributed by atoms with Gasteiger partial charge in [-0.05, 0) is 38.1 Å². The first kappa shape index (κ1) is 26.6. The van der Waals surface area contributed by atoms with Crippen molar-refractivity contribution in [3.05, 3.63) is 28.7 Å². The van der Waals surface area contributed by atoms with E-state index in [0.717, 1.165) is 17.6 Å². The van der Waals surface area contributed by atoms with E-state index in [2.05, 4.69) is 58.9 Å². The van der Waals surface area contributed by atoms with Gasteiger partial charge in [0.15, 0.2) is 0 Å². The zero-order chi connectivity index (χ0) is 15.0. The van der Waals surface area contributed by atoms with Gasteiger partial charge in [-0.3, -0.25) is 0 Å². The summed E-state index contributed by atoms with van der Waals surface area (Å²) in [6.07, 6.45) is 0. The van der Waals surface area contributed by atoms with E-state index in [0.29, 0.717) is 0 Å². The van der Waals surface area contributed by atoms with Crippen LogP contribution in [-0.2, 0) is 31.7 Å². The molecule has 1 aromatic carbocycles. The van der Waals surface area contributed by atoms with Crippen LogP contribution in [0.2, 0.25) is 0 Å². The quantitative estimate of drug-likeness (QED) is 0.821. The van der Waals surface area contributed by atoms with E-state index in [1.54, 1.807) is 0 Å². The zero-order valence-electron chi connectivity index (χ0n) is 11.3. The topological polar surface area (TPSA) is 54.5 Å². The summed E-state index contributed by atoms with van der Waals surface area (Å²) < 4.78 is 1.14. The molecule has 1 rings (SSSR count). The van der Waals surface area contributed by atoms with Crippen molar-refractivity contribution in [1.82, 2.24) is 0 Å². The Balaban J connectivity index is -0.000000142. The van der Waals surface area contributed by atoms with Crippen molar-refractivity contribution in [2.24, 2.45) is 0 Å². The molecule has 0 fully saturated rings. The fourth-order valence-corrected chi connectivity index (χ4v) is 1.50. The van der Waals surface area contributed by atoms with Crippen molar-refractivity contribution in [3.63, 3.8) is 0 Å². The molecule has 0 aromatic heterocycles. The molecule has 0 aliphatic carbocycles. The monoisotopic (exact) mass is 369 g/mol. The van der Waals surface area contributed by atoms with Crippen LogP contribution < -0.4 is 4.90 Å². The Labute approximate surface area is 134 Å². The van der Waals surface area contributed by atoms with Crippen molar-refractivity contribution < 1.29 is 31.7 Å². The van der Waals surface area contributed by atoms with Crippen LogP contribution in [0.3, 0.4) is 0 Å². The van der Waals surface area contributed by atoms with Gasteiger partial charge >= 0.3 is 0 Å². The molecule has 0 saturated heterocycles. The number of hydrogen-bond acceptors (Lipinski definition) is 4. The summed E-state index contributed by atoms with van der Waals surface area (Å²) in [5.74, 6) is 0. The molecular weight excluding hydrogens is 350 g/mol. The maximum absolute atomic E-state index is 8.00. The smallest absolute Gasteiger partial charge is 0.106 e. The third-order valence-electron chi connectivity index (χ3n) is 1.96. The Kier molecular flexibility index (Phi) is 31.1. The van der Waals surface area contributed by atoms with Crippen LogP contribution >= 0.6 is 15.9 Å². The van der Waals surface area contributed by atoms with Gasteiger partial charge < -0.3 is 19.3 Å². The summed E-state index contributed by atoms with van der Waals surface area (Å²) in [7, 11) is 0. The number of nitrogens with zero attached hydrogens (tertiary/aromatic N) is 1. The average molecular weight is 370 g/mol. The third-order valence-corrected chi connectivity index (χ3v) is 2.48. The van der Waals surface area contributed by atoms with Gasteiger partial charge in [0, 0.05) is 40.6 Å². The second-order valence-corrected chi connectivity index (χ2v) is 3.56. The number of benzene rings is 1. The van der Waals surface area contributed by atoms with Crippen molar-refractivity contribution in [1.29, 1.82) is 0 Å². The van der Waals surface area contributed by atoms with Crippen LogP contribution in [0.5, 0.6) is 0 Å². The van der Waals surface area contributed by atoms with E-state index < -0.39 is 0 Å². The van der Waals surface area contributed by atoms with E-state index in [4.69, 9.17) is 14.4 Å². The molecule has 0 atom stereocenters. The SMILES string of the molecule is C=O.C=O.C=O.CCN(CC)c1ccc(Br)cc1.[Cr]. The van der Waals surface area contributed by atoms with Gasteiger partial charge in [-0.15, -0.1) is 0 Å². The Morgan fingerprint density at radius 3 is 1.47 bits per heavy atom. The summed E-state index contributed by atoms with van der Waals surface area (Å²) in [5.41, 5.74) is 1.29. The molecule has 0 aliphatic heterocycles. The van der Waals surface area contributed by atoms with E-state index in [1.807, 2.05) is 20.4 Å². The van der Waals surface area contributed by atoms with Crippen LogP contribution in [0, 0.1) is 0 Å². The molecule has 0 amide bonds. The van der Waals surface area contributed by atoms with Gasteiger partial charge in [0.1, 0.15) is 20.4 Å². The Hall–Kier alpha value is -0.958. The number of rotatable bonds is 3. The summed E-state index contributed by atoms with van der Waals surface area (Å²) in [4.78, 5) is 26.3. The van der Waals surface area contributed by atoms with Crippen molar-refractivity contribution in [2.45, 2.75) is 13.8 Å². The second kappa shape index (κ2) is 22.2. The molecule has 0 radical (unpaired) electrons. The molecule has 1 aromatic rings. The van der Waals surface area contributed by atoms with Crippen LogP contribution in [0.1, 0.15) is 13.8 Å². The van der Waals surface area contributed by atoms with Gasteiger partial charge in [0.25, 0.3) is 0 Å².